The minimum absolute atomic E-state index is 0. The van der Waals surface area contributed by atoms with E-state index < -0.39 is 0 Å². The van der Waals surface area contributed by atoms with Crippen LogP contribution in [0.4, 0.5) is 0 Å². The molecule has 0 aliphatic rings. The molecule has 0 spiro atoms. The molecular weight excluding hydrogens is 432 g/mol. The van der Waals surface area contributed by atoms with E-state index in [-0.39, 0.29) is 18.0 Å². The average Bonchev–Trinajstić information content (AvgIpc) is 3.25. The first-order chi connectivity index (χ1) is 14.8. The van der Waals surface area contributed by atoms with Gasteiger partial charge in [0.1, 0.15) is 11.4 Å². The smallest absolute Gasteiger partial charge is 0.259 e. The van der Waals surface area contributed by atoms with Gasteiger partial charge in [-0.2, -0.15) is 0 Å². The molecule has 0 bridgehead atoms. The van der Waals surface area contributed by atoms with E-state index in [9.17, 15) is 4.79 Å². The molecule has 5 rings (SSSR count). The second-order valence-electron chi connectivity index (χ2n) is 6.93. The summed E-state index contributed by atoms with van der Waals surface area (Å²) in [6.45, 7) is 0.571. The van der Waals surface area contributed by atoms with Crippen LogP contribution in [-0.2, 0) is 6.42 Å². The molecular formula is C23H19ClN4O2S. The summed E-state index contributed by atoms with van der Waals surface area (Å²) in [5.41, 5.74) is 2.30. The van der Waals surface area contributed by atoms with Crippen molar-refractivity contribution in [1.82, 2.24) is 19.9 Å². The Balaban J connectivity index is 0.00000231. The van der Waals surface area contributed by atoms with Gasteiger partial charge in [0.05, 0.1) is 17.5 Å². The lowest BCUT2D eigenvalue weighted by Gasteiger charge is -2.08. The van der Waals surface area contributed by atoms with Gasteiger partial charge in [-0.3, -0.25) is 14.8 Å². The molecule has 0 radical (unpaired) electrons. The highest BCUT2D eigenvalue weighted by Crippen LogP contribution is 2.25. The number of halogens is 1. The van der Waals surface area contributed by atoms with Crippen molar-refractivity contribution in [2.45, 2.75) is 12.8 Å². The predicted molar refractivity (Wildman–Crippen MR) is 126 cm³/mol. The normalized spacial score (nSPS) is 10.8. The molecule has 8 heteroatoms. The van der Waals surface area contributed by atoms with E-state index in [2.05, 4.69) is 19.9 Å². The number of aromatic amines is 1. The van der Waals surface area contributed by atoms with Gasteiger partial charge in [-0.15, -0.1) is 23.7 Å². The fourth-order valence-corrected chi connectivity index (χ4v) is 4.13. The zero-order chi connectivity index (χ0) is 20.3. The molecule has 1 N–H and O–H groups in total. The van der Waals surface area contributed by atoms with Crippen LogP contribution in [0.5, 0.6) is 5.75 Å². The molecule has 0 saturated carbocycles. The van der Waals surface area contributed by atoms with E-state index in [1.165, 1.54) is 5.56 Å². The Labute approximate surface area is 188 Å². The molecule has 0 fully saturated rings. The average molecular weight is 451 g/mol. The van der Waals surface area contributed by atoms with Crippen LogP contribution in [0.25, 0.3) is 32.5 Å². The summed E-state index contributed by atoms with van der Waals surface area (Å²) in [5, 5.41) is 3.60. The molecule has 0 amide bonds. The van der Waals surface area contributed by atoms with Crippen LogP contribution in [0.3, 0.4) is 0 Å². The van der Waals surface area contributed by atoms with Gasteiger partial charge in [0.2, 0.25) is 0 Å². The molecule has 31 heavy (non-hydrogen) atoms. The minimum Gasteiger partial charge on any atom is -0.494 e. The second kappa shape index (κ2) is 9.24. The van der Waals surface area contributed by atoms with Crippen LogP contribution in [-0.4, -0.2) is 26.5 Å². The van der Waals surface area contributed by atoms with Crippen LogP contribution >= 0.6 is 23.7 Å². The number of aromatic nitrogens is 4. The molecule has 6 nitrogen and oxygen atoms in total. The number of H-pyrrole nitrogens is 1. The number of thiophene rings is 1. The predicted octanol–water partition coefficient (Wildman–Crippen LogP) is 5.03. The van der Waals surface area contributed by atoms with Crippen molar-refractivity contribution in [2.75, 3.05) is 6.61 Å². The number of ether oxygens (including phenoxy) is 1. The number of nitrogens with zero attached hydrogens (tertiary/aromatic N) is 3. The van der Waals surface area contributed by atoms with Crippen LogP contribution in [0.15, 0.2) is 71.2 Å². The first-order valence-electron chi connectivity index (χ1n) is 9.66. The number of aryl methyl sites for hydroxylation is 1. The molecule has 0 unspecified atom stereocenters. The van der Waals surface area contributed by atoms with Crippen molar-refractivity contribution < 1.29 is 4.74 Å². The lowest BCUT2D eigenvalue weighted by molar-refractivity contribution is 0.311. The summed E-state index contributed by atoms with van der Waals surface area (Å²) in [4.78, 5) is 28.6. The van der Waals surface area contributed by atoms with Gasteiger partial charge in [0.25, 0.3) is 5.56 Å². The summed E-state index contributed by atoms with van der Waals surface area (Å²) in [7, 11) is 0. The quantitative estimate of drug-likeness (QED) is 0.367. The highest BCUT2D eigenvalue weighted by atomic mass is 35.5. The number of nitrogens with one attached hydrogen (secondary N) is 1. The van der Waals surface area contributed by atoms with Crippen LogP contribution in [0.1, 0.15) is 12.0 Å². The van der Waals surface area contributed by atoms with Gasteiger partial charge in [0, 0.05) is 28.7 Å². The summed E-state index contributed by atoms with van der Waals surface area (Å²) in [6.07, 6.45) is 7.19. The van der Waals surface area contributed by atoms with Crippen molar-refractivity contribution in [2.24, 2.45) is 0 Å². The minimum atomic E-state index is -0.203. The van der Waals surface area contributed by atoms with Gasteiger partial charge in [-0.05, 0) is 66.2 Å². The Morgan fingerprint density at radius 1 is 1.06 bits per heavy atom. The van der Waals surface area contributed by atoms with Crippen LogP contribution < -0.4 is 10.3 Å². The van der Waals surface area contributed by atoms with Crippen LogP contribution in [0, 0.1) is 0 Å². The van der Waals surface area contributed by atoms with Crippen molar-refractivity contribution in [3.8, 4) is 17.3 Å². The molecule has 0 aliphatic heterocycles. The number of hydrogen-bond donors (Lipinski definition) is 1. The lowest BCUT2D eigenvalue weighted by atomic mass is 10.1. The van der Waals surface area contributed by atoms with E-state index in [1.807, 2.05) is 41.8 Å². The maximum absolute atomic E-state index is 12.7. The number of hydrogen-bond acceptors (Lipinski definition) is 6. The maximum atomic E-state index is 12.7. The number of rotatable bonds is 6. The summed E-state index contributed by atoms with van der Waals surface area (Å²) < 4.78 is 6.95. The molecule has 0 saturated heterocycles. The number of benzene rings is 1. The Hall–Kier alpha value is -3.29. The summed E-state index contributed by atoms with van der Waals surface area (Å²) in [6, 6.07) is 13.4. The first-order valence-corrected chi connectivity index (χ1v) is 10.5. The Bertz CT molecular complexity index is 1390. The third-order valence-corrected chi connectivity index (χ3v) is 5.76. The van der Waals surface area contributed by atoms with Gasteiger partial charge in [-0.1, -0.05) is 0 Å². The Kier molecular flexibility index (Phi) is 6.25. The maximum Gasteiger partial charge on any atom is 0.259 e. The zero-order valence-corrected chi connectivity index (χ0v) is 18.1. The van der Waals surface area contributed by atoms with Crippen molar-refractivity contribution in [3.05, 3.63) is 82.4 Å². The third kappa shape index (κ3) is 4.57. The van der Waals surface area contributed by atoms with E-state index in [4.69, 9.17) is 4.74 Å². The largest absolute Gasteiger partial charge is 0.494 e. The topological polar surface area (TPSA) is 80.8 Å². The Morgan fingerprint density at radius 3 is 2.81 bits per heavy atom. The lowest BCUT2D eigenvalue weighted by Crippen LogP contribution is -2.10. The number of pyridine rings is 2. The third-order valence-electron chi connectivity index (χ3n) is 4.88. The highest BCUT2D eigenvalue weighted by Gasteiger charge is 2.09. The Morgan fingerprint density at radius 2 is 1.94 bits per heavy atom. The fraction of sp³-hybridized carbons (Fsp3) is 0.130. The van der Waals surface area contributed by atoms with Crippen LogP contribution in [0.2, 0.25) is 0 Å². The summed E-state index contributed by atoms with van der Waals surface area (Å²) >= 11 is 1.63. The molecule has 0 atom stereocenters. The molecule has 0 aliphatic carbocycles. The monoisotopic (exact) mass is 450 g/mol. The zero-order valence-electron chi connectivity index (χ0n) is 16.4. The SMILES string of the molecule is Cl.O=c1[nH]c(-c2cc3sccc3cn2)nc2ccc(OCCCc3ccncc3)cc12. The van der Waals surface area contributed by atoms with Gasteiger partial charge >= 0.3 is 0 Å². The molecule has 1 aromatic carbocycles. The first kappa shape index (κ1) is 21.0. The highest BCUT2D eigenvalue weighted by molar-refractivity contribution is 7.17. The van der Waals surface area contributed by atoms with Crippen molar-refractivity contribution in [1.29, 1.82) is 0 Å². The molecule has 156 valence electrons. The van der Waals surface area contributed by atoms with Gasteiger partial charge in [0.15, 0.2) is 5.82 Å². The van der Waals surface area contributed by atoms with Crippen molar-refractivity contribution >= 4 is 44.7 Å². The second-order valence-corrected chi connectivity index (χ2v) is 7.88. The van der Waals surface area contributed by atoms with E-state index >= 15 is 0 Å². The fourth-order valence-electron chi connectivity index (χ4n) is 3.33. The van der Waals surface area contributed by atoms with Gasteiger partial charge < -0.3 is 9.72 Å². The molecule has 5 aromatic rings. The molecule has 4 aromatic heterocycles. The standard InChI is InChI=1S/C23H18N4O2S.ClH/c28-23-18-12-17(29-10-1-2-15-5-8-24-9-6-15)3-4-19(18)26-22(27-23)20-13-21-16(14-25-20)7-11-30-21;/h3-9,11-14H,1-2,10H2,(H,26,27,28);1H. The van der Waals surface area contributed by atoms with Crippen molar-refractivity contribution in [3.63, 3.8) is 0 Å². The van der Waals surface area contributed by atoms with E-state index in [0.717, 1.165) is 22.9 Å². The molecule has 4 heterocycles. The summed E-state index contributed by atoms with van der Waals surface area (Å²) in [5.74, 6) is 1.13. The van der Waals surface area contributed by atoms with E-state index in [1.54, 1.807) is 36.0 Å². The van der Waals surface area contributed by atoms with E-state index in [0.29, 0.717) is 34.8 Å². The van der Waals surface area contributed by atoms with Gasteiger partial charge in [-0.25, -0.2) is 4.98 Å². The number of fused-ring (bicyclic) bond motifs is 2.